The van der Waals surface area contributed by atoms with Crippen LogP contribution in [0.2, 0.25) is 0 Å². The molecule has 0 heterocycles. The third kappa shape index (κ3) is 1.56. The summed E-state index contributed by atoms with van der Waals surface area (Å²) in [6.45, 7) is 2.02. The van der Waals surface area contributed by atoms with Crippen LogP contribution in [0.25, 0.3) is 0 Å². The summed E-state index contributed by atoms with van der Waals surface area (Å²) in [5.74, 6) is 1.00. The summed E-state index contributed by atoms with van der Waals surface area (Å²) in [5, 5.41) is 3.20. The van der Waals surface area contributed by atoms with E-state index in [2.05, 4.69) is 27.9 Å². The van der Waals surface area contributed by atoms with Gasteiger partial charge in [0.15, 0.2) is 0 Å². The van der Waals surface area contributed by atoms with E-state index < -0.39 is 0 Å². The Labute approximate surface area is 109 Å². The maximum absolute atomic E-state index is 12.1. The number of carbonyl (C=O) groups excluding carboxylic acids is 1. The quantitative estimate of drug-likeness (QED) is 0.832. The van der Waals surface area contributed by atoms with Gasteiger partial charge in [0.05, 0.1) is 5.56 Å². The second-order valence-electron chi connectivity index (χ2n) is 5.20. The molecule has 3 aliphatic carbocycles. The highest BCUT2D eigenvalue weighted by Crippen LogP contribution is 2.57. The highest BCUT2D eigenvalue weighted by atomic mass is 127. The molecule has 16 heavy (non-hydrogen) atoms. The monoisotopic (exact) mass is 327 g/mol. The molecule has 2 bridgehead atoms. The average molecular weight is 327 g/mol. The van der Waals surface area contributed by atoms with Crippen molar-refractivity contribution in [3.05, 3.63) is 32.9 Å². The van der Waals surface area contributed by atoms with E-state index >= 15 is 0 Å². The van der Waals surface area contributed by atoms with Gasteiger partial charge in [-0.1, -0.05) is 11.6 Å². The molecule has 3 saturated carbocycles. The standard InChI is InChI=1S/C13H14INO/c1-8-2-3-11(14)10(4-8)12(16)15-13-5-9(6-13)7-13/h2-4,9H,5-7H2,1H3,(H,15,16). The van der Waals surface area contributed by atoms with Crippen molar-refractivity contribution >= 4 is 28.5 Å². The number of carbonyl (C=O) groups is 1. The summed E-state index contributed by atoms with van der Waals surface area (Å²) in [5.41, 5.74) is 2.14. The van der Waals surface area contributed by atoms with Crippen molar-refractivity contribution in [2.24, 2.45) is 5.92 Å². The maximum Gasteiger partial charge on any atom is 0.252 e. The number of halogens is 1. The summed E-state index contributed by atoms with van der Waals surface area (Å²) in [6.07, 6.45) is 3.59. The van der Waals surface area contributed by atoms with Gasteiger partial charge in [0.1, 0.15) is 0 Å². The molecule has 1 aromatic carbocycles. The van der Waals surface area contributed by atoms with Crippen LogP contribution in [0.5, 0.6) is 0 Å². The van der Waals surface area contributed by atoms with Crippen molar-refractivity contribution in [3.63, 3.8) is 0 Å². The molecule has 0 aliphatic heterocycles. The van der Waals surface area contributed by atoms with Crippen LogP contribution in [0.15, 0.2) is 18.2 Å². The van der Waals surface area contributed by atoms with Crippen LogP contribution in [0, 0.1) is 16.4 Å². The lowest BCUT2D eigenvalue weighted by atomic mass is 9.50. The summed E-state index contributed by atoms with van der Waals surface area (Å²) in [6, 6.07) is 6.02. The first-order valence-corrected chi connectivity index (χ1v) is 6.75. The molecule has 1 amide bonds. The first-order valence-electron chi connectivity index (χ1n) is 5.67. The van der Waals surface area contributed by atoms with Crippen LogP contribution >= 0.6 is 22.6 Å². The van der Waals surface area contributed by atoms with Crippen LogP contribution in [0.4, 0.5) is 0 Å². The second kappa shape index (κ2) is 3.45. The minimum Gasteiger partial charge on any atom is -0.347 e. The zero-order valence-corrected chi connectivity index (χ0v) is 11.4. The lowest BCUT2D eigenvalue weighted by molar-refractivity contribution is -0.0438. The fraction of sp³-hybridized carbons (Fsp3) is 0.462. The van der Waals surface area contributed by atoms with Crippen LogP contribution < -0.4 is 5.32 Å². The van der Waals surface area contributed by atoms with Crippen molar-refractivity contribution < 1.29 is 4.79 Å². The summed E-state index contributed by atoms with van der Waals surface area (Å²) in [4.78, 5) is 12.1. The van der Waals surface area contributed by atoms with E-state index in [1.165, 1.54) is 19.3 Å². The molecular weight excluding hydrogens is 313 g/mol. The SMILES string of the molecule is Cc1ccc(I)c(C(=O)NC23CC(C2)C3)c1. The molecule has 3 aliphatic rings. The highest BCUT2D eigenvalue weighted by Gasteiger charge is 2.57. The Balaban J connectivity index is 1.80. The number of benzene rings is 1. The number of amides is 1. The first kappa shape index (κ1) is 10.6. The average Bonchev–Trinajstić information content (AvgIpc) is 2.13. The summed E-state index contributed by atoms with van der Waals surface area (Å²) >= 11 is 2.23. The molecule has 1 aromatic rings. The fourth-order valence-corrected chi connectivity index (χ4v) is 3.33. The van der Waals surface area contributed by atoms with Crippen LogP contribution in [-0.4, -0.2) is 11.4 Å². The first-order chi connectivity index (χ1) is 7.58. The molecule has 0 atom stereocenters. The molecular formula is C13H14INO. The Morgan fingerprint density at radius 2 is 2.12 bits per heavy atom. The predicted octanol–water partition coefficient (Wildman–Crippen LogP) is 2.88. The lowest BCUT2D eigenvalue weighted by Crippen LogP contribution is -2.68. The van der Waals surface area contributed by atoms with E-state index in [1.54, 1.807) is 0 Å². The Kier molecular flexibility index (Phi) is 2.28. The number of hydrogen-bond donors (Lipinski definition) is 1. The third-order valence-corrected chi connectivity index (χ3v) is 4.72. The normalized spacial score (nSPS) is 30.2. The molecule has 0 saturated heterocycles. The Bertz CT molecular complexity index is 452. The van der Waals surface area contributed by atoms with Crippen molar-refractivity contribution in [3.8, 4) is 0 Å². The molecule has 2 nitrogen and oxygen atoms in total. The van der Waals surface area contributed by atoms with E-state index in [0.717, 1.165) is 20.6 Å². The van der Waals surface area contributed by atoms with E-state index in [1.807, 2.05) is 25.1 Å². The molecule has 0 radical (unpaired) electrons. The molecule has 3 heteroatoms. The summed E-state index contributed by atoms with van der Waals surface area (Å²) in [7, 11) is 0. The van der Waals surface area contributed by atoms with E-state index in [9.17, 15) is 4.79 Å². The van der Waals surface area contributed by atoms with Gasteiger partial charge in [0.2, 0.25) is 0 Å². The molecule has 0 spiro atoms. The van der Waals surface area contributed by atoms with Crippen molar-refractivity contribution in [1.82, 2.24) is 5.32 Å². The van der Waals surface area contributed by atoms with Crippen LogP contribution in [0.3, 0.4) is 0 Å². The number of hydrogen-bond acceptors (Lipinski definition) is 1. The molecule has 84 valence electrons. The van der Waals surface area contributed by atoms with Gasteiger partial charge in [0, 0.05) is 9.11 Å². The molecule has 0 unspecified atom stereocenters. The maximum atomic E-state index is 12.1. The minimum absolute atomic E-state index is 0.103. The number of rotatable bonds is 2. The van der Waals surface area contributed by atoms with Crippen LogP contribution in [-0.2, 0) is 0 Å². The van der Waals surface area contributed by atoms with Crippen molar-refractivity contribution in [1.29, 1.82) is 0 Å². The smallest absolute Gasteiger partial charge is 0.252 e. The molecule has 3 fully saturated rings. The highest BCUT2D eigenvalue weighted by molar-refractivity contribution is 14.1. The molecule has 4 rings (SSSR count). The minimum atomic E-state index is 0.103. The predicted molar refractivity (Wildman–Crippen MR) is 71.4 cm³/mol. The molecule has 0 aromatic heterocycles. The van der Waals surface area contributed by atoms with Gasteiger partial charge in [0.25, 0.3) is 5.91 Å². The largest absolute Gasteiger partial charge is 0.347 e. The van der Waals surface area contributed by atoms with Gasteiger partial charge in [-0.05, 0) is 66.8 Å². The zero-order valence-electron chi connectivity index (χ0n) is 9.22. The van der Waals surface area contributed by atoms with Gasteiger partial charge in [-0.2, -0.15) is 0 Å². The van der Waals surface area contributed by atoms with Crippen molar-refractivity contribution in [2.45, 2.75) is 31.7 Å². The Hall–Kier alpha value is -0.580. The molecule has 1 N–H and O–H groups in total. The van der Waals surface area contributed by atoms with Gasteiger partial charge in [-0.3, -0.25) is 4.79 Å². The van der Waals surface area contributed by atoms with Gasteiger partial charge < -0.3 is 5.32 Å². The topological polar surface area (TPSA) is 29.1 Å². The van der Waals surface area contributed by atoms with Crippen LogP contribution in [0.1, 0.15) is 35.2 Å². The van der Waals surface area contributed by atoms with Gasteiger partial charge >= 0.3 is 0 Å². The Morgan fingerprint density at radius 1 is 1.44 bits per heavy atom. The van der Waals surface area contributed by atoms with Crippen molar-refractivity contribution in [2.75, 3.05) is 0 Å². The number of nitrogens with one attached hydrogen (secondary N) is 1. The summed E-state index contributed by atoms with van der Waals surface area (Å²) < 4.78 is 1.03. The second-order valence-corrected chi connectivity index (χ2v) is 6.36. The zero-order chi connectivity index (χ0) is 11.3. The lowest BCUT2D eigenvalue weighted by Gasteiger charge is -2.61. The van der Waals surface area contributed by atoms with E-state index in [0.29, 0.717) is 0 Å². The third-order valence-electron chi connectivity index (χ3n) is 3.78. The van der Waals surface area contributed by atoms with E-state index in [4.69, 9.17) is 0 Å². The fourth-order valence-electron chi connectivity index (χ4n) is 2.75. The van der Waals surface area contributed by atoms with Gasteiger partial charge in [-0.25, -0.2) is 0 Å². The van der Waals surface area contributed by atoms with E-state index in [-0.39, 0.29) is 11.4 Å². The number of aryl methyl sites for hydroxylation is 1. The Morgan fingerprint density at radius 3 is 2.69 bits per heavy atom. The van der Waals surface area contributed by atoms with Gasteiger partial charge in [-0.15, -0.1) is 0 Å².